The molecule has 0 radical (unpaired) electrons. The van der Waals surface area contributed by atoms with Gasteiger partial charge in [0.25, 0.3) is 0 Å². The Kier molecular flexibility index (Phi) is 5.16. The Hall–Kier alpha value is -3.68. The van der Waals surface area contributed by atoms with Crippen LogP contribution in [0.1, 0.15) is 11.4 Å². The number of benzene rings is 2. The molecule has 3 rings (SSSR count). The quantitative estimate of drug-likeness (QED) is 0.511. The summed E-state index contributed by atoms with van der Waals surface area (Å²) in [6.07, 6.45) is 0. The molecule has 2 aromatic carbocycles. The predicted molar refractivity (Wildman–Crippen MR) is 103 cm³/mol. The van der Waals surface area contributed by atoms with Crippen molar-refractivity contribution in [3.05, 3.63) is 76.1 Å². The Morgan fingerprint density at radius 1 is 1.04 bits per heavy atom. The molecule has 0 aliphatic carbocycles. The first-order chi connectivity index (χ1) is 12.9. The highest BCUT2D eigenvalue weighted by atomic mass is 16.6. The van der Waals surface area contributed by atoms with Gasteiger partial charge in [-0.25, -0.2) is 0 Å². The molecule has 27 heavy (non-hydrogen) atoms. The summed E-state index contributed by atoms with van der Waals surface area (Å²) < 4.78 is 1.34. The molecule has 0 saturated heterocycles. The zero-order valence-corrected chi connectivity index (χ0v) is 15.0. The fourth-order valence-electron chi connectivity index (χ4n) is 2.77. The normalized spacial score (nSPS) is 10.4. The number of nitrogens with one attached hydrogen (secondary N) is 2. The van der Waals surface area contributed by atoms with Gasteiger partial charge < -0.3 is 10.6 Å². The molecule has 8 nitrogen and oxygen atoms in total. The fourth-order valence-corrected chi connectivity index (χ4v) is 2.77. The minimum atomic E-state index is -0.482. The summed E-state index contributed by atoms with van der Waals surface area (Å²) in [6.45, 7) is 3.04. The molecular formula is C19H19N5O3. The van der Waals surface area contributed by atoms with Gasteiger partial charge in [0, 0.05) is 17.1 Å². The number of carbonyl (C=O) groups excluding carboxylic acids is 1. The first-order valence-corrected chi connectivity index (χ1v) is 8.34. The van der Waals surface area contributed by atoms with Gasteiger partial charge in [-0.3, -0.25) is 19.6 Å². The lowest BCUT2D eigenvalue weighted by molar-refractivity contribution is -0.386. The minimum absolute atomic E-state index is 0.0564. The second-order valence-electron chi connectivity index (χ2n) is 6.05. The third-order valence-electron chi connectivity index (χ3n) is 4.05. The Morgan fingerprint density at radius 3 is 2.22 bits per heavy atom. The van der Waals surface area contributed by atoms with Gasteiger partial charge in [0.05, 0.1) is 4.92 Å². The van der Waals surface area contributed by atoms with Crippen LogP contribution in [0.2, 0.25) is 0 Å². The summed E-state index contributed by atoms with van der Waals surface area (Å²) in [7, 11) is 0. The Bertz CT molecular complexity index is 965. The highest BCUT2D eigenvalue weighted by molar-refractivity contribution is 5.90. The van der Waals surface area contributed by atoms with E-state index in [1.807, 2.05) is 42.5 Å². The Balaban J connectivity index is 1.63. The molecule has 0 spiro atoms. The van der Waals surface area contributed by atoms with Crippen LogP contribution in [0.3, 0.4) is 0 Å². The summed E-state index contributed by atoms with van der Waals surface area (Å²) in [6, 6.07) is 17.0. The number of nitrogens with zero attached hydrogens (tertiary/aromatic N) is 3. The molecule has 138 valence electrons. The zero-order chi connectivity index (χ0) is 19.4. The molecule has 0 saturated carbocycles. The van der Waals surface area contributed by atoms with E-state index >= 15 is 0 Å². The smallest absolute Gasteiger partial charge is 0.312 e. The Labute approximate surface area is 156 Å². The summed E-state index contributed by atoms with van der Waals surface area (Å²) in [5.74, 6) is -0.306. The van der Waals surface area contributed by atoms with Gasteiger partial charge in [0.15, 0.2) is 0 Å². The van der Waals surface area contributed by atoms with Crippen molar-refractivity contribution in [2.24, 2.45) is 0 Å². The molecule has 1 amide bonds. The molecule has 0 aliphatic heterocycles. The lowest BCUT2D eigenvalue weighted by Gasteiger charge is -2.09. The van der Waals surface area contributed by atoms with Gasteiger partial charge in [0.2, 0.25) is 5.91 Å². The van der Waals surface area contributed by atoms with Crippen LogP contribution in [0.5, 0.6) is 0 Å². The summed E-state index contributed by atoms with van der Waals surface area (Å²) in [5, 5.41) is 21.1. The van der Waals surface area contributed by atoms with Crippen molar-refractivity contribution in [1.29, 1.82) is 0 Å². The Morgan fingerprint density at radius 2 is 1.63 bits per heavy atom. The molecule has 2 N–H and O–H groups in total. The summed E-state index contributed by atoms with van der Waals surface area (Å²) in [5.41, 5.74) is 3.10. The molecule has 0 fully saturated rings. The largest absolute Gasteiger partial charge is 0.356 e. The topological polar surface area (TPSA) is 102 Å². The van der Waals surface area contributed by atoms with Gasteiger partial charge in [-0.2, -0.15) is 5.10 Å². The molecule has 0 atom stereocenters. The number of hydrogen-bond donors (Lipinski definition) is 2. The molecule has 3 aromatic rings. The first kappa shape index (κ1) is 18.1. The number of para-hydroxylation sites is 1. The summed E-state index contributed by atoms with van der Waals surface area (Å²) in [4.78, 5) is 22.8. The van der Waals surface area contributed by atoms with Crippen LogP contribution < -0.4 is 10.6 Å². The summed E-state index contributed by atoms with van der Waals surface area (Å²) >= 11 is 0. The SMILES string of the molecule is Cc1nn(CC(=O)Nc2ccc(Nc3ccccc3)cc2)c(C)c1[N+](=O)[O-]. The number of rotatable bonds is 6. The lowest BCUT2D eigenvalue weighted by atomic mass is 10.2. The monoisotopic (exact) mass is 365 g/mol. The van der Waals surface area contributed by atoms with E-state index in [1.165, 1.54) is 4.68 Å². The number of aromatic nitrogens is 2. The van der Waals surface area contributed by atoms with Crippen molar-refractivity contribution in [2.75, 3.05) is 10.6 Å². The molecule has 8 heteroatoms. The molecule has 1 aromatic heterocycles. The average molecular weight is 365 g/mol. The van der Waals surface area contributed by atoms with E-state index < -0.39 is 4.92 Å². The van der Waals surface area contributed by atoms with E-state index in [-0.39, 0.29) is 18.1 Å². The van der Waals surface area contributed by atoms with Crippen molar-refractivity contribution in [1.82, 2.24) is 9.78 Å². The number of anilines is 3. The standard InChI is InChI=1S/C19H19N5O3/c1-13-19(24(26)27)14(2)23(22-13)12-18(25)21-17-10-8-16(9-11-17)20-15-6-4-3-5-7-15/h3-11,20H,12H2,1-2H3,(H,21,25). The van der Waals surface area contributed by atoms with Crippen molar-refractivity contribution >= 4 is 28.7 Å². The number of hydrogen-bond acceptors (Lipinski definition) is 5. The third kappa shape index (κ3) is 4.30. The molecule has 0 bridgehead atoms. The lowest BCUT2D eigenvalue weighted by Crippen LogP contribution is -2.20. The van der Waals surface area contributed by atoms with Crippen molar-refractivity contribution in [2.45, 2.75) is 20.4 Å². The average Bonchev–Trinajstić information content (AvgIpc) is 2.91. The highest BCUT2D eigenvalue weighted by Gasteiger charge is 2.22. The minimum Gasteiger partial charge on any atom is -0.356 e. The molecule has 1 heterocycles. The van der Waals surface area contributed by atoms with Gasteiger partial charge in [-0.1, -0.05) is 18.2 Å². The zero-order valence-electron chi connectivity index (χ0n) is 15.0. The van der Waals surface area contributed by atoms with Gasteiger partial charge in [-0.05, 0) is 50.2 Å². The second kappa shape index (κ2) is 7.69. The second-order valence-corrected chi connectivity index (χ2v) is 6.05. The molecule has 0 aliphatic rings. The van der Waals surface area contributed by atoms with Crippen molar-refractivity contribution < 1.29 is 9.72 Å². The molecule has 0 unspecified atom stereocenters. The number of carbonyl (C=O) groups is 1. The van der Waals surface area contributed by atoms with Crippen LogP contribution >= 0.6 is 0 Å². The molecular weight excluding hydrogens is 346 g/mol. The van der Waals surface area contributed by atoms with E-state index in [0.29, 0.717) is 17.1 Å². The van der Waals surface area contributed by atoms with Crippen molar-refractivity contribution in [3.8, 4) is 0 Å². The predicted octanol–water partition coefficient (Wildman–Crippen LogP) is 3.79. The van der Waals surface area contributed by atoms with Gasteiger partial charge in [0.1, 0.15) is 17.9 Å². The third-order valence-corrected chi connectivity index (χ3v) is 4.05. The van der Waals surface area contributed by atoms with Crippen LogP contribution in [-0.4, -0.2) is 20.6 Å². The maximum absolute atomic E-state index is 12.2. The number of aryl methyl sites for hydroxylation is 1. The van der Waals surface area contributed by atoms with E-state index in [9.17, 15) is 14.9 Å². The van der Waals surface area contributed by atoms with E-state index in [0.717, 1.165) is 11.4 Å². The van der Waals surface area contributed by atoms with Crippen LogP contribution in [0.4, 0.5) is 22.7 Å². The van der Waals surface area contributed by atoms with Crippen LogP contribution in [0.15, 0.2) is 54.6 Å². The van der Waals surface area contributed by atoms with Crippen LogP contribution in [0.25, 0.3) is 0 Å². The fraction of sp³-hybridized carbons (Fsp3) is 0.158. The number of amides is 1. The maximum atomic E-state index is 12.2. The first-order valence-electron chi connectivity index (χ1n) is 8.34. The van der Waals surface area contributed by atoms with Gasteiger partial charge >= 0.3 is 5.69 Å². The van der Waals surface area contributed by atoms with E-state index in [1.54, 1.807) is 26.0 Å². The maximum Gasteiger partial charge on any atom is 0.312 e. The van der Waals surface area contributed by atoms with Crippen LogP contribution in [0, 0.1) is 24.0 Å². The van der Waals surface area contributed by atoms with Crippen LogP contribution in [-0.2, 0) is 11.3 Å². The van der Waals surface area contributed by atoms with Gasteiger partial charge in [-0.15, -0.1) is 0 Å². The highest BCUT2D eigenvalue weighted by Crippen LogP contribution is 2.22. The van der Waals surface area contributed by atoms with Crippen molar-refractivity contribution in [3.63, 3.8) is 0 Å². The van der Waals surface area contributed by atoms with E-state index in [4.69, 9.17) is 0 Å². The number of nitro groups is 1. The van der Waals surface area contributed by atoms with E-state index in [2.05, 4.69) is 15.7 Å².